The summed E-state index contributed by atoms with van der Waals surface area (Å²) in [6.07, 6.45) is 0. The van der Waals surface area contributed by atoms with Gasteiger partial charge >= 0.3 is 0 Å². The summed E-state index contributed by atoms with van der Waals surface area (Å²) in [6.45, 7) is 5.94. The number of hydrogen-bond acceptors (Lipinski definition) is 9. The van der Waals surface area contributed by atoms with Gasteiger partial charge in [-0.15, -0.1) is 21.5 Å². The summed E-state index contributed by atoms with van der Waals surface area (Å²) < 4.78 is 2.79. The lowest BCUT2D eigenvalue weighted by Crippen LogP contribution is -2.27. The van der Waals surface area contributed by atoms with Crippen molar-refractivity contribution >= 4 is 62.6 Å². The topological polar surface area (TPSA) is 100 Å². The Morgan fingerprint density at radius 3 is 2.71 bits per heavy atom. The van der Waals surface area contributed by atoms with E-state index >= 15 is 0 Å². The quantitative estimate of drug-likeness (QED) is 0.447. The number of thioether (sulfide) groups is 1. The highest BCUT2D eigenvalue weighted by Gasteiger charge is 2.17. The van der Waals surface area contributed by atoms with Crippen LogP contribution >= 0.6 is 39.0 Å². The Balaban J connectivity index is 1.72. The van der Waals surface area contributed by atoms with Gasteiger partial charge in [0.15, 0.2) is 5.16 Å². The maximum Gasteiger partial charge on any atom is 0.261 e. The van der Waals surface area contributed by atoms with Crippen LogP contribution in [0.25, 0.3) is 5.78 Å². The molecule has 0 aliphatic rings. The number of hydrogen-bond donors (Lipinski definition) is 2. The predicted octanol–water partition coefficient (Wildman–Crippen LogP) is 2.96. The van der Waals surface area contributed by atoms with Crippen molar-refractivity contribution in [1.29, 1.82) is 0 Å². The molecule has 0 atom stereocenters. The molecule has 0 aromatic carbocycles. The average molecular weight is 485 g/mol. The Bertz CT molecular complexity index is 959. The van der Waals surface area contributed by atoms with Crippen LogP contribution in [-0.4, -0.2) is 61.3 Å². The molecule has 0 unspecified atom stereocenters. The zero-order chi connectivity index (χ0) is 20.1. The van der Waals surface area contributed by atoms with Gasteiger partial charge in [-0.1, -0.05) is 11.8 Å². The third-order valence-electron chi connectivity index (χ3n) is 3.69. The van der Waals surface area contributed by atoms with Crippen LogP contribution < -0.4 is 10.6 Å². The van der Waals surface area contributed by atoms with E-state index in [1.54, 1.807) is 27.7 Å². The smallest absolute Gasteiger partial charge is 0.261 e. The molecule has 3 aromatic rings. The van der Waals surface area contributed by atoms with E-state index < -0.39 is 0 Å². The van der Waals surface area contributed by atoms with Gasteiger partial charge < -0.3 is 15.5 Å². The number of carbonyl (C=O) groups is 1. The molecule has 0 aliphatic carbocycles. The van der Waals surface area contributed by atoms with Crippen molar-refractivity contribution in [2.75, 3.05) is 36.5 Å². The number of anilines is 2. The molecule has 0 radical (unpaired) electrons. The number of amides is 1. The molecule has 0 spiro atoms. The molecule has 150 valence electrons. The summed E-state index contributed by atoms with van der Waals surface area (Å²) >= 11 is 6.39. The van der Waals surface area contributed by atoms with E-state index in [1.165, 1.54) is 11.8 Å². The van der Waals surface area contributed by atoms with Crippen molar-refractivity contribution in [1.82, 2.24) is 29.5 Å². The van der Waals surface area contributed by atoms with Gasteiger partial charge in [0, 0.05) is 25.0 Å². The number of nitrogens with zero attached hydrogens (tertiary/aromatic N) is 6. The molecule has 12 heteroatoms. The number of fused-ring (bicyclic) bond motifs is 1. The van der Waals surface area contributed by atoms with Gasteiger partial charge in [-0.3, -0.25) is 4.79 Å². The van der Waals surface area contributed by atoms with Crippen LogP contribution in [0.3, 0.4) is 0 Å². The zero-order valence-electron chi connectivity index (χ0n) is 15.8. The molecule has 3 rings (SSSR count). The third kappa shape index (κ3) is 4.92. The fourth-order valence-electron chi connectivity index (χ4n) is 2.39. The Morgan fingerprint density at radius 2 is 2.04 bits per heavy atom. The number of halogens is 1. The van der Waals surface area contributed by atoms with Gasteiger partial charge in [-0.2, -0.15) is 9.97 Å². The first-order valence-corrected chi connectivity index (χ1v) is 11.3. The highest BCUT2D eigenvalue weighted by atomic mass is 79.9. The van der Waals surface area contributed by atoms with Crippen molar-refractivity contribution < 1.29 is 4.79 Å². The lowest BCUT2D eigenvalue weighted by molar-refractivity contribution is -0.127. The van der Waals surface area contributed by atoms with Crippen molar-refractivity contribution in [3.05, 3.63) is 20.8 Å². The third-order valence-corrected chi connectivity index (χ3v) is 6.21. The summed E-state index contributed by atoms with van der Waals surface area (Å²) in [5.41, 5.74) is 0. The lowest BCUT2D eigenvalue weighted by atomic mass is 10.4. The van der Waals surface area contributed by atoms with Crippen molar-refractivity contribution in [3.63, 3.8) is 0 Å². The van der Waals surface area contributed by atoms with Crippen LogP contribution in [0.4, 0.5) is 11.9 Å². The first kappa shape index (κ1) is 20.8. The second-order valence-corrected chi connectivity index (χ2v) is 9.28. The minimum atomic E-state index is 0.0152. The Labute approximate surface area is 179 Å². The fraction of sp³-hybridized carbons (Fsp3) is 0.438. The van der Waals surface area contributed by atoms with E-state index in [0.717, 1.165) is 8.66 Å². The van der Waals surface area contributed by atoms with E-state index in [2.05, 4.69) is 46.7 Å². The molecule has 0 saturated carbocycles. The molecule has 0 saturated heterocycles. The molecule has 9 nitrogen and oxygen atoms in total. The average Bonchev–Trinajstić information content (AvgIpc) is 3.26. The van der Waals surface area contributed by atoms with Gasteiger partial charge in [-0.25, -0.2) is 4.40 Å². The summed E-state index contributed by atoms with van der Waals surface area (Å²) in [7, 11) is 1.80. The normalized spacial score (nSPS) is 11.0. The minimum absolute atomic E-state index is 0.0152. The summed E-state index contributed by atoms with van der Waals surface area (Å²) in [4.78, 5) is 24.2. The van der Waals surface area contributed by atoms with Gasteiger partial charge in [0.25, 0.3) is 5.78 Å². The van der Waals surface area contributed by atoms with Gasteiger partial charge in [0.05, 0.1) is 16.1 Å². The van der Waals surface area contributed by atoms with Crippen LogP contribution in [-0.2, 0) is 11.3 Å². The second kappa shape index (κ2) is 9.52. The van der Waals surface area contributed by atoms with E-state index in [1.807, 2.05) is 26.0 Å². The molecule has 3 aromatic heterocycles. The Hall–Kier alpha value is -1.92. The molecule has 0 bridgehead atoms. The maximum atomic E-state index is 12.5. The first-order valence-electron chi connectivity index (χ1n) is 8.73. The van der Waals surface area contributed by atoms with Crippen molar-refractivity contribution in [2.45, 2.75) is 25.5 Å². The van der Waals surface area contributed by atoms with Crippen LogP contribution in [0.15, 0.2) is 21.1 Å². The lowest BCUT2D eigenvalue weighted by Gasteiger charge is -2.15. The molecule has 1 amide bonds. The standard InChI is InChI=1S/C16H21BrN8OS2/c1-4-18-13-20-14(19-5-2)25-15(21-13)22-23-16(25)27-9-12(26)24(3)8-10-6-7-11(17)28-10/h6-7H,4-5,8-9H2,1-3H3,(H2,18,19,20,21,22). The molecule has 2 N–H and O–H groups in total. The summed E-state index contributed by atoms with van der Waals surface area (Å²) in [6, 6.07) is 4.00. The number of carbonyl (C=O) groups excluding carboxylic acids is 1. The molecule has 0 fully saturated rings. The molecule has 3 heterocycles. The SMILES string of the molecule is CCNc1nc(NCC)n2c(SCC(=O)N(C)Cc3ccc(Br)s3)nnc2n1. The largest absolute Gasteiger partial charge is 0.355 e. The van der Waals surface area contributed by atoms with E-state index in [4.69, 9.17) is 0 Å². The first-order chi connectivity index (χ1) is 13.5. The van der Waals surface area contributed by atoms with Crippen LogP contribution in [0.5, 0.6) is 0 Å². The van der Waals surface area contributed by atoms with Gasteiger partial charge in [-0.05, 0) is 41.9 Å². The van der Waals surface area contributed by atoms with Crippen LogP contribution in [0.1, 0.15) is 18.7 Å². The van der Waals surface area contributed by atoms with Crippen molar-refractivity contribution in [2.24, 2.45) is 0 Å². The van der Waals surface area contributed by atoms with Crippen LogP contribution in [0, 0.1) is 0 Å². The van der Waals surface area contributed by atoms with Crippen molar-refractivity contribution in [3.8, 4) is 0 Å². The monoisotopic (exact) mass is 484 g/mol. The number of thiophene rings is 1. The maximum absolute atomic E-state index is 12.5. The van der Waals surface area contributed by atoms with E-state index in [9.17, 15) is 4.79 Å². The summed E-state index contributed by atoms with van der Waals surface area (Å²) in [5.74, 6) is 1.80. The molecular weight excluding hydrogens is 464 g/mol. The van der Waals surface area contributed by atoms with E-state index in [-0.39, 0.29) is 11.7 Å². The number of nitrogens with one attached hydrogen (secondary N) is 2. The molecule has 28 heavy (non-hydrogen) atoms. The van der Waals surface area contributed by atoms with Gasteiger partial charge in [0.2, 0.25) is 17.8 Å². The number of rotatable bonds is 9. The minimum Gasteiger partial charge on any atom is -0.355 e. The fourth-order valence-corrected chi connectivity index (χ4v) is 4.80. The summed E-state index contributed by atoms with van der Waals surface area (Å²) in [5, 5.41) is 15.2. The van der Waals surface area contributed by atoms with E-state index in [0.29, 0.717) is 42.5 Å². The predicted molar refractivity (Wildman–Crippen MR) is 116 cm³/mol. The molecular formula is C16H21BrN8OS2. The molecule has 0 aliphatic heterocycles. The number of aromatic nitrogens is 5. The van der Waals surface area contributed by atoms with Gasteiger partial charge in [0.1, 0.15) is 0 Å². The second-order valence-electron chi connectivity index (χ2n) is 5.79. The highest BCUT2D eigenvalue weighted by molar-refractivity contribution is 9.11. The zero-order valence-corrected chi connectivity index (χ0v) is 19.0. The Kier molecular flexibility index (Phi) is 7.08. The van der Waals surface area contributed by atoms with Crippen LogP contribution in [0.2, 0.25) is 0 Å². The Morgan fingerprint density at radius 1 is 1.25 bits per heavy atom. The highest BCUT2D eigenvalue weighted by Crippen LogP contribution is 2.24.